The second kappa shape index (κ2) is 12.1. The minimum Gasteiger partial charge on any atom is -0.372 e. The van der Waals surface area contributed by atoms with Gasteiger partial charge >= 0.3 is 11.8 Å². The Labute approximate surface area is 205 Å². The van der Waals surface area contributed by atoms with E-state index in [4.69, 9.17) is 0 Å². The Morgan fingerprint density at radius 3 is 2.14 bits per heavy atom. The zero-order valence-corrected chi connectivity index (χ0v) is 20.0. The quantitative estimate of drug-likeness (QED) is 0.260. The van der Waals surface area contributed by atoms with Gasteiger partial charge in [0.25, 0.3) is 5.91 Å². The van der Waals surface area contributed by atoms with Crippen molar-refractivity contribution in [3.63, 3.8) is 0 Å². The van der Waals surface area contributed by atoms with E-state index in [0.29, 0.717) is 5.69 Å². The molecule has 0 aliphatic heterocycles. The summed E-state index contributed by atoms with van der Waals surface area (Å²) in [4.78, 5) is 39.5. The fourth-order valence-corrected chi connectivity index (χ4v) is 3.38. The highest BCUT2D eigenvalue weighted by Gasteiger charge is 2.17. The van der Waals surface area contributed by atoms with Gasteiger partial charge in [0.05, 0.1) is 17.5 Å². The van der Waals surface area contributed by atoms with Crippen LogP contribution in [0.25, 0.3) is 0 Å². The van der Waals surface area contributed by atoms with Gasteiger partial charge in [-0.05, 0) is 62.7 Å². The predicted molar refractivity (Wildman–Crippen MR) is 140 cm³/mol. The van der Waals surface area contributed by atoms with Crippen LogP contribution in [0.4, 0.5) is 17.1 Å². The molecule has 3 rings (SSSR count). The second-order valence-electron chi connectivity index (χ2n) is 7.78. The number of hydrogen-bond donors (Lipinski definition) is 3. The van der Waals surface area contributed by atoms with Crippen molar-refractivity contribution < 1.29 is 14.4 Å². The van der Waals surface area contributed by atoms with Crippen LogP contribution >= 0.6 is 0 Å². The molecule has 0 bridgehead atoms. The monoisotopic (exact) mass is 471 g/mol. The predicted octanol–water partition coefficient (Wildman–Crippen LogP) is 4.18. The molecular weight excluding hydrogens is 442 g/mol. The summed E-state index contributed by atoms with van der Waals surface area (Å²) in [6.45, 7) is 7.95. The molecular formula is C27H29N5O3. The fraction of sp³-hybridized carbons (Fsp3) is 0.185. The van der Waals surface area contributed by atoms with Gasteiger partial charge in [-0.2, -0.15) is 5.10 Å². The molecule has 0 aliphatic carbocycles. The first-order chi connectivity index (χ1) is 16.9. The number of nitrogens with zero attached hydrogens (tertiary/aromatic N) is 2. The van der Waals surface area contributed by atoms with Crippen LogP contribution in [0.1, 0.15) is 35.3 Å². The molecule has 0 fully saturated rings. The van der Waals surface area contributed by atoms with E-state index in [-0.39, 0.29) is 11.3 Å². The first-order valence-corrected chi connectivity index (χ1v) is 11.4. The van der Waals surface area contributed by atoms with Crippen molar-refractivity contribution in [2.45, 2.75) is 20.8 Å². The van der Waals surface area contributed by atoms with E-state index < -0.39 is 17.7 Å². The second-order valence-corrected chi connectivity index (χ2v) is 7.78. The summed E-state index contributed by atoms with van der Waals surface area (Å²) in [7, 11) is 0. The molecule has 0 aliphatic rings. The third kappa shape index (κ3) is 7.01. The first kappa shape index (κ1) is 25.2. The van der Waals surface area contributed by atoms with Crippen molar-refractivity contribution in [1.82, 2.24) is 5.43 Å². The number of carbonyl (C=O) groups is 3. The van der Waals surface area contributed by atoms with E-state index in [1.165, 1.54) is 6.21 Å². The highest BCUT2D eigenvalue weighted by atomic mass is 16.2. The summed E-state index contributed by atoms with van der Waals surface area (Å²) in [5.41, 5.74) is 6.23. The Balaban J connectivity index is 1.59. The van der Waals surface area contributed by atoms with E-state index in [2.05, 4.69) is 39.9 Å². The molecule has 3 aromatic rings. The van der Waals surface area contributed by atoms with Crippen LogP contribution in [0.3, 0.4) is 0 Å². The van der Waals surface area contributed by atoms with E-state index in [9.17, 15) is 14.4 Å². The topological polar surface area (TPSA) is 103 Å². The molecule has 0 saturated carbocycles. The lowest BCUT2D eigenvalue weighted by Crippen LogP contribution is -2.33. The number of benzene rings is 3. The number of amides is 3. The minimum atomic E-state index is -0.949. The maximum atomic E-state index is 12.7. The maximum Gasteiger partial charge on any atom is 0.329 e. The lowest BCUT2D eigenvalue weighted by molar-refractivity contribution is -0.136. The Hall–Kier alpha value is -4.46. The van der Waals surface area contributed by atoms with Gasteiger partial charge in [0.15, 0.2) is 0 Å². The van der Waals surface area contributed by atoms with Crippen LogP contribution in [0.15, 0.2) is 77.9 Å². The number of aryl methyl sites for hydroxylation is 1. The van der Waals surface area contributed by atoms with Gasteiger partial charge in [-0.25, -0.2) is 5.43 Å². The van der Waals surface area contributed by atoms with Crippen LogP contribution < -0.4 is 21.0 Å². The smallest absolute Gasteiger partial charge is 0.329 e. The molecule has 0 radical (unpaired) electrons. The summed E-state index contributed by atoms with van der Waals surface area (Å²) in [6.07, 6.45) is 1.46. The van der Waals surface area contributed by atoms with Gasteiger partial charge < -0.3 is 15.5 Å². The average Bonchev–Trinajstić information content (AvgIpc) is 2.87. The molecule has 0 aromatic heterocycles. The molecule has 0 spiro atoms. The number of hydrogen-bond acceptors (Lipinski definition) is 5. The van der Waals surface area contributed by atoms with Crippen LogP contribution in [0, 0.1) is 6.92 Å². The number of hydrazone groups is 1. The zero-order chi connectivity index (χ0) is 25.2. The minimum absolute atomic E-state index is 0.216. The largest absolute Gasteiger partial charge is 0.372 e. The number of para-hydroxylation sites is 1. The molecule has 8 nitrogen and oxygen atoms in total. The molecule has 0 heterocycles. The number of anilines is 3. The van der Waals surface area contributed by atoms with Gasteiger partial charge in [-0.1, -0.05) is 42.0 Å². The van der Waals surface area contributed by atoms with E-state index >= 15 is 0 Å². The Bertz CT molecular complexity index is 1200. The fourth-order valence-electron chi connectivity index (χ4n) is 3.38. The van der Waals surface area contributed by atoms with Crippen LogP contribution in [-0.4, -0.2) is 37.0 Å². The highest BCUT2D eigenvalue weighted by molar-refractivity contribution is 6.40. The molecule has 3 N–H and O–H groups in total. The lowest BCUT2D eigenvalue weighted by atomic mass is 10.1. The summed E-state index contributed by atoms with van der Waals surface area (Å²) in [5, 5.41) is 9.12. The van der Waals surface area contributed by atoms with E-state index in [1.807, 2.05) is 43.3 Å². The maximum absolute atomic E-state index is 12.7. The summed E-state index contributed by atoms with van der Waals surface area (Å²) < 4.78 is 0. The van der Waals surface area contributed by atoms with E-state index in [0.717, 1.165) is 29.9 Å². The van der Waals surface area contributed by atoms with Crippen molar-refractivity contribution >= 4 is 41.0 Å². The molecule has 8 heteroatoms. The van der Waals surface area contributed by atoms with Gasteiger partial charge in [-0.15, -0.1) is 0 Å². The van der Waals surface area contributed by atoms with E-state index in [1.54, 1.807) is 36.4 Å². The van der Waals surface area contributed by atoms with Crippen LogP contribution in [0.2, 0.25) is 0 Å². The number of rotatable bonds is 8. The van der Waals surface area contributed by atoms with Crippen molar-refractivity contribution in [3.05, 3.63) is 89.5 Å². The summed E-state index contributed by atoms with van der Waals surface area (Å²) >= 11 is 0. The molecule has 180 valence electrons. The van der Waals surface area contributed by atoms with Crippen molar-refractivity contribution in [1.29, 1.82) is 0 Å². The Morgan fingerprint density at radius 1 is 0.829 bits per heavy atom. The standard InChI is InChI=1S/C27H29N5O3/c1-4-32(5-2)22-16-12-20(13-17-22)18-28-31-27(35)26(34)30-24-9-7-6-8-23(24)25(33)29-21-14-10-19(3)11-15-21/h6-18H,4-5H2,1-3H3,(H,29,33)(H,30,34)(H,31,35)/b28-18+. The zero-order valence-electron chi connectivity index (χ0n) is 20.0. The normalized spacial score (nSPS) is 10.6. The Morgan fingerprint density at radius 2 is 1.49 bits per heavy atom. The summed E-state index contributed by atoms with van der Waals surface area (Å²) in [5.74, 6) is -2.29. The molecule has 3 aromatic carbocycles. The SMILES string of the molecule is CCN(CC)c1ccc(/C=N/NC(=O)C(=O)Nc2ccccc2C(=O)Nc2ccc(C)cc2)cc1. The molecule has 0 saturated heterocycles. The van der Waals surface area contributed by atoms with Crippen LogP contribution in [-0.2, 0) is 9.59 Å². The van der Waals surface area contributed by atoms with Crippen molar-refractivity contribution in [2.24, 2.45) is 5.10 Å². The van der Waals surface area contributed by atoms with Gasteiger partial charge in [-0.3, -0.25) is 14.4 Å². The summed E-state index contributed by atoms with van der Waals surface area (Å²) in [6, 6.07) is 21.5. The number of nitrogens with one attached hydrogen (secondary N) is 3. The highest BCUT2D eigenvalue weighted by Crippen LogP contribution is 2.18. The average molecular weight is 472 g/mol. The molecule has 35 heavy (non-hydrogen) atoms. The lowest BCUT2D eigenvalue weighted by Gasteiger charge is -2.20. The third-order valence-corrected chi connectivity index (χ3v) is 5.34. The molecule has 0 unspecified atom stereocenters. The number of carbonyl (C=O) groups excluding carboxylic acids is 3. The van der Waals surface area contributed by atoms with Crippen molar-refractivity contribution in [3.8, 4) is 0 Å². The Kier molecular flexibility index (Phi) is 8.72. The van der Waals surface area contributed by atoms with Gasteiger partial charge in [0, 0.05) is 24.5 Å². The van der Waals surface area contributed by atoms with Crippen LogP contribution in [0.5, 0.6) is 0 Å². The molecule has 0 atom stereocenters. The molecule has 3 amide bonds. The van der Waals surface area contributed by atoms with Gasteiger partial charge in [0.2, 0.25) is 0 Å². The van der Waals surface area contributed by atoms with Crippen molar-refractivity contribution in [2.75, 3.05) is 28.6 Å². The third-order valence-electron chi connectivity index (χ3n) is 5.34. The first-order valence-electron chi connectivity index (χ1n) is 11.4. The van der Waals surface area contributed by atoms with Gasteiger partial charge in [0.1, 0.15) is 0 Å².